The Balaban J connectivity index is 3.20. The van der Waals surface area contributed by atoms with Crippen LogP contribution in [0.25, 0.3) is 0 Å². The number of allylic oxidation sites excluding steroid dienone is 2. The van der Waals surface area contributed by atoms with Gasteiger partial charge in [-0.25, -0.2) is 13.6 Å². The molecule has 0 heterocycles. The van der Waals surface area contributed by atoms with Gasteiger partial charge in [-0.05, 0) is 19.4 Å². The Labute approximate surface area is 89.9 Å². The standard InChI is InChI=1S/C10H10F2O4/c1-10(9(15)16)3-5(7(11)12)2-6(4-10)8(13)14/h2-3,7H,4H2,1H3,(H,13,14)(H,15,16). The molecular weight excluding hydrogens is 222 g/mol. The Morgan fingerprint density at radius 1 is 1.44 bits per heavy atom. The van der Waals surface area contributed by atoms with E-state index in [4.69, 9.17) is 10.2 Å². The second kappa shape index (κ2) is 4.03. The Morgan fingerprint density at radius 2 is 2.00 bits per heavy atom. The van der Waals surface area contributed by atoms with Crippen LogP contribution in [0.15, 0.2) is 23.3 Å². The van der Waals surface area contributed by atoms with E-state index < -0.39 is 29.4 Å². The molecule has 0 saturated heterocycles. The summed E-state index contributed by atoms with van der Waals surface area (Å²) in [5, 5.41) is 17.6. The lowest BCUT2D eigenvalue weighted by atomic mass is 9.78. The molecule has 0 aromatic carbocycles. The molecule has 1 atom stereocenters. The van der Waals surface area contributed by atoms with Crippen molar-refractivity contribution in [1.82, 2.24) is 0 Å². The summed E-state index contributed by atoms with van der Waals surface area (Å²) in [6.07, 6.45) is -1.44. The molecule has 0 amide bonds. The number of hydrogen-bond acceptors (Lipinski definition) is 2. The molecule has 4 nitrogen and oxygen atoms in total. The number of halogens is 2. The summed E-state index contributed by atoms with van der Waals surface area (Å²) in [6, 6.07) is 0. The minimum absolute atomic E-state index is 0.298. The first-order valence-corrected chi connectivity index (χ1v) is 4.44. The Morgan fingerprint density at radius 3 is 2.38 bits per heavy atom. The molecule has 1 aliphatic carbocycles. The van der Waals surface area contributed by atoms with Crippen molar-refractivity contribution in [2.75, 3.05) is 0 Å². The summed E-state index contributed by atoms with van der Waals surface area (Å²) in [5.74, 6) is -2.70. The maximum Gasteiger partial charge on any atom is 0.331 e. The highest BCUT2D eigenvalue weighted by atomic mass is 19.3. The predicted octanol–water partition coefficient (Wildman–Crippen LogP) is 1.68. The van der Waals surface area contributed by atoms with Crippen LogP contribution in [0, 0.1) is 5.41 Å². The van der Waals surface area contributed by atoms with Crippen molar-refractivity contribution >= 4 is 11.9 Å². The first-order chi connectivity index (χ1) is 7.26. The second-order valence-corrected chi connectivity index (χ2v) is 3.82. The zero-order valence-corrected chi connectivity index (χ0v) is 8.41. The van der Waals surface area contributed by atoms with E-state index in [0.717, 1.165) is 12.2 Å². The summed E-state index contributed by atoms with van der Waals surface area (Å²) in [5.41, 5.74) is -2.47. The smallest absolute Gasteiger partial charge is 0.331 e. The number of aliphatic carboxylic acids is 2. The lowest BCUT2D eigenvalue weighted by Crippen LogP contribution is -2.30. The number of hydrogen-bond donors (Lipinski definition) is 2. The molecule has 1 unspecified atom stereocenters. The molecule has 88 valence electrons. The largest absolute Gasteiger partial charge is 0.481 e. The van der Waals surface area contributed by atoms with E-state index >= 15 is 0 Å². The maximum absolute atomic E-state index is 12.5. The van der Waals surface area contributed by atoms with E-state index in [9.17, 15) is 18.4 Å². The van der Waals surface area contributed by atoms with Crippen LogP contribution in [0.2, 0.25) is 0 Å². The minimum atomic E-state index is -2.88. The summed E-state index contributed by atoms with van der Waals surface area (Å²) in [7, 11) is 0. The number of alkyl halides is 2. The lowest BCUT2D eigenvalue weighted by molar-refractivity contribution is -0.145. The van der Waals surface area contributed by atoms with Gasteiger partial charge in [0.1, 0.15) is 0 Å². The Hall–Kier alpha value is -1.72. The summed E-state index contributed by atoms with van der Waals surface area (Å²) in [4.78, 5) is 21.6. The number of rotatable bonds is 3. The van der Waals surface area contributed by atoms with Gasteiger partial charge in [0.2, 0.25) is 0 Å². The third-order valence-corrected chi connectivity index (χ3v) is 2.40. The fourth-order valence-electron chi connectivity index (χ4n) is 1.51. The van der Waals surface area contributed by atoms with Gasteiger partial charge in [-0.2, -0.15) is 0 Å². The summed E-state index contributed by atoms with van der Waals surface area (Å²) < 4.78 is 24.9. The van der Waals surface area contributed by atoms with Gasteiger partial charge in [-0.3, -0.25) is 4.79 Å². The van der Waals surface area contributed by atoms with Gasteiger partial charge in [0.15, 0.2) is 0 Å². The molecule has 2 N–H and O–H groups in total. The van der Waals surface area contributed by atoms with Crippen LogP contribution in [0.1, 0.15) is 13.3 Å². The van der Waals surface area contributed by atoms with Crippen molar-refractivity contribution in [2.45, 2.75) is 19.8 Å². The summed E-state index contributed by atoms with van der Waals surface area (Å²) in [6.45, 7) is 1.22. The highest BCUT2D eigenvalue weighted by Gasteiger charge is 2.37. The normalized spacial score (nSPS) is 25.0. The highest BCUT2D eigenvalue weighted by molar-refractivity contribution is 5.90. The van der Waals surface area contributed by atoms with Crippen molar-refractivity contribution < 1.29 is 28.6 Å². The van der Waals surface area contributed by atoms with Crippen LogP contribution in [0.4, 0.5) is 8.78 Å². The van der Waals surface area contributed by atoms with Crippen molar-refractivity contribution in [3.8, 4) is 0 Å². The summed E-state index contributed by atoms with van der Waals surface area (Å²) >= 11 is 0. The molecule has 0 aliphatic heterocycles. The van der Waals surface area contributed by atoms with Gasteiger partial charge in [0.05, 0.1) is 5.41 Å². The van der Waals surface area contributed by atoms with Crippen LogP contribution >= 0.6 is 0 Å². The van der Waals surface area contributed by atoms with E-state index in [0.29, 0.717) is 0 Å². The highest BCUT2D eigenvalue weighted by Crippen LogP contribution is 2.36. The Bertz CT molecular complexity index is 398. The average Bonchev–Trinajstić information content (AvgIpc) is 2.16. The molecule has 0 aromatic heterocycles. The first kappa shape index (κ1) is 12.4. The van der Waals surface area contributed by atoms with Crippen molar-refractivity contribution in [3.63, 3.8) is 0 Å². The van der Waals surface area contributed by atoms with E-state index in [-0.39, 0.29) is 12.0 Å². The van der Waals surface area contributed by atoms with Crippen molar-refractivity contribution in [1.29, 1.82) is 0 Å². The molecule has 1 rings (SSSR count). The van der Waals surface area contributed by atoms with Crippen LogP contribution < -0.4 is 0 Å². The van der Waals surface area contributed by atoms with Crippen molar-refractivity contribution in [3.05, 3.63) is 23.3 Å². The Kier molecular flexibility index (Phi) is 3.11. The lowest BCUT2D eigenvalue weighted by Gasteiger charge is -2.26. The molecule has 0 aromatic rings. The predicted molar refractivity (Wildman–Crippen MR) is 50.2 cm³/mol. The van der Waals surface area contributed by atoms with Gasteiger partial charge in [0, 0.05) is 11.1 Å². The van der Waals surface area contributed by atoms with E-state index in [1.54, 1.807) is 0 Å². The van der Waals surface area contributed by atoms with Gasteiger partial charge in [-0.15, -0.1) is 0 Å². The molecule has 6 heteroatoms. The van der Waals surface area contributed by atoms with Crippen LogP contribution in [0.3, 0.4) is 0 Å². The van der Waals surface area contributed by atoms with Crippen LogP contribution in [0.5, 0.6) is 0 Å². The molecular formula is C10H10F2O4. The van der Waals surface area contributed by atoms with Gasteiger partial charge in [0.25, 0.3) is 6.43 Å². The molecule has 0 bridgehead atoms. The fraction of sp³-hybridized carbons (Fsp3) is 0.400. The van der Waals surface area contributed by atoms with Gasteiger partial charge < -0.3 is 10.2 Å². The van der Waals surface area contributed by atoms with Gasteiger partial charge >= 0.3 is 11.9 Å². The maximum atomic E-state index is 12.5. The van der Waals surface area contributed by atoms with Gasteiger partial charge in [-0.1, -0.05) is 6.08 Å². The van der Waals surface area contributed by atoms with Crippen LogP contribution in [-0.2, 0) is 9.59 Å². The van der Waals surface area contributed by atoms with E-state index in [1.807, 2.05) is 0 Å². The third-order valence-electron chi connectivity index (χ3n) is 2.40. The van der Waals surface area contributed by atoms with Crippen LogP contribution in [-0.4, -0.2) is 28.6 Å². The SMILES string of the molecule is CC1(C(=O)O)C=C(C(F)F)C=C(C(=O)O)C1. The zero-order valence-electron chi connectivity index (χ0n) is 8.41. The topological polar surface area (TPSA) is 74.6 Å². The molecule has 0 saturated carbocycles. The molecule has 0 spiro atoms. The van der Waals surface area contributed by atoms with Crippen molar-refractivity contribution in [2.24, 2.45) is 5.41 Å². The molecule has 0 radical (unpaired) electrons. The second-order valence-electron chi connectivity index (χ2n) is 3.82. The monoisotopic (exact) mass is 232 g/mol. The number of carboxylic acid groups (broad SMARTS) is 2. The average molecular weight is 232 g/mol. The molecule has 0 fully saturated rings. The quantitative estimate of drug-likeness (QED) is 0.776. The first-order valence-electron chi connectivity index (χ1n) is 4.44. The minimum Gasteiger partial charge on any atom is -0.481 e. The molecule has 16 heavy (non-hydrogen) atoms. The van der Waals surface area contributed by atoms with E-state index in [1.165, 1.54) is 6.92 Å². The fourth-order valence-corrected chi connectivity index (χ4v) is 1.51. The number of carboxylic acids is 2. The number of carbonyl (C=O) groups is 2. The van der Waals surface area contributed by atoms with E-state index in [2.05, 4.69) is 0 Å². The zero-order chi connectivity index (χ0) is 12.5. The third kappa shape index (κ3) is 2.26. The molecule has 1 aliphatic rings.